The topological polar surface area (TPSA) is 153 Å². The van der Waals surface area contributed by atoms with Gasteiger partial charge < -0.3 is 20.5 Å². The van der Waals surface area contributed by atoms with Gasteiger partial charge in [0, 0.05) is 28.6 Å². The van der Waals surface area contributed by atoms with Crippen LogP contribution >= 0.6 is 23.2 Å². The largest absolute Gasteiger partial charge is 0.481 e. The number of hydrazine groups is 1. The molecule has 11 nitrogen and oxygen atoms in total. The monoisotopic (exact) mass is 512 g/mol. The zero-order chi connectivity index (χ0) is 25.0. The number of carbonyl (C=O) groups excluding carboxylic acids is 5. The Kier molecular flexibility index (Phi) is 8.11. The Morgan fingerprint density at radius 3 is 2.44 bits per heavy atom. The first-order valence-electron chi connectivity index (χ1n) is 10.5. The minimum Gasteiger partial charge on any atom is -0.481 e. The number of fused-ring (bicyclic) bond motifs is 1. The fourth-order valence-corrected chi connectivity index (χ4v) is 4.46. The van der Waals surface area contributed by atoms with Gasteiger partial charge >= 0.3 is 5.97 Å². The van der Waals surface area contributed by atoms with Gasteiger partial charge in [-0.2, -0.15) is 0 Å². The lowest BCUT2D eigenvalue weighted by Gasteiger charge is -2.43. The van der Waals surface area contributed by atoms with E-state index >= 15 is 0 Å². The number of benzene rings is 1. The van der Waals surface area contributed by atoms with Gasteiger partial charge in [0.25, 0.3) is 11.8 Å². The van der Waals surface area contributed by atoms with Crippen molar-refractivity contribution in [1.29, 1.82) is 0 Å². The number of carboxylic acid groups (broad SMARTS) is 1. The Morgan fingerprint density at radius 1 is 1.15 bits per heavy atom. The molecule has 0 aliphatic carbocycles. The summed E-state index contributed by atoms with van der Waals surface area (Å²) in [4.78, 5) is 73.8. The summed E-state index contributed by atoms with van der Waals surface area (Å²) in [6.45, 7) is 0.200. The molecule has 2 saturated heterocycles. The van der Waals surface area contributed by atoms with Crippen molar-refractivity contribution >= 4 is 59.1 Å². The maximum atomic E-state index is 13.4. The van der Waals surface area contributed by atoms with Gasteiger partial charge in [-0.3, -0.25) is 29.0 Å². The number of aldehydes is 1. The predicted octanol–water partition coefficient (Wildman–Crippen LogP) is 0.779. The molecule has 0 spiro atoms. The summed E-state index contributed by atoms with van der Waals surface area (Å²) in [6.07, 6.45) is 0.227. The van der Waals surface area contributed by atoms with E-state index in [4.69, 9.17) is 28.3 Å². The molecule has 2 aliphatic heterocycles. The standard InChI is InChI=1S/C21H22Cl2N4O7/c22-12-6-11(7-13(23)8-12)19(32)25-15-3-4-17(29)26-5-1-2-16(27(26)21(15)34)20(33)24-14(10-28)9-18(30)31/h6-8,10,14-16H,1-5,9H2,(H,24,33)(H,25,32)(H,30,31)/t14-,15?,16?/m0/s1. The van der Waals surface area contributed by atoms with Crippen molar-refractivity contribution in [1.82, 2.24) is 20.7 Å². The number of carbonyl (C=O) groups is 6. The maximum absolute atomic E-state index is 13.4. The highest BCUT2D eigenvalue weighted by Crippen LogP contribution is 2.26. The van der Waals surface area contributed by atoms with E-state index in [0.29, 0.717) is 12.7 Å². The second-order valence-electron chi connectivity index (χ2n) is 7.93. The van der Waals surface area contributed by atoms with Gasteiger partial charge in [0.2, 0.25) is 11.8 Å². The molecular weight excluding hydrogens is 491 g/mol. The molecule has 1 aromatic rings. The molecule has 2 fully saturated rings. The maximum Gasteiger partial charge on any atom is 0.305 e. The highest BCUT2D eigenvalue weighted by molar-refractivity contribution is 6.35. The first-order chi connectivity index (χ1) is 16.1. The zero-order valence-corrected chi connectivity index (χ0v) is 19.3. The zero-order valence-electron chi connectivity index (χ0n) is 17.8. The molecule has 0 aromatic heterocycles. The summed E-state index contributed by atoms with van der Waals surface area (Å²) in [5, 5.41) is 16.4. The Hall–Kier alpha value is -3.18. The third kappa shape index (κ3) is 5.84. The molecule has 0 saturated carbocycles. The predicted molar refractivity (Wildman–Crippen MR) is 119 cm³/mol. The second kappa shape index (κ2) is 10.8. The van der Waals surface area contributed by atoms with Gasteiger partial charge in [0.05, 0.1) is 12.5 Å². The van der Waals surface area contributed by atoms with Gasteiger partial charge in [-0.05, 0) is 37.5 Å². The molecule has 3 N–H and O–H groups in total. The number of nitrogens with one attached hydrogen (secondary N) is 2. The fourth-order valence-electron chi connectivity index (χ4n) is 3.93. The number of halogens is 2. The SMILES string of the molecule is O=C[C@H](CC(=O)O)NC(=O)C1CCCN2C(=O)CCC(NC(=O)c3cc(Cl)cc(Cl)c3)C(=O)N12. The quantitative estimate of drug-likeness (QED) is 0.456. The Morgan fingerprint density at radius 2 is 1.82 bits per heavy atom. The normalized spacial score (nSPS) is 21.2. The second-order valence-corrected chi connectivity index (χ2v) is 8.80. The first kappa shape index (κ1) is 25.4. The number of carboxylic acids is 1. The number of hydrogen-bond acceptors (Lipinski definition) is 6. The third-order valence-electron chi connectivity index (χ3n) is 5.48. The van der Waals surface area contributed by atoms with Crippen molar-refractivity contribution in [2.75, 3.05) is 6.54 Å². The van der Waals surface area contributed by atoms with E-state index < -0.39 is 54.1 Å². The Labute approximate surface area is 204 Å². The van der Waals surface area contributed by atoms with E-state index in [0.717, 1.165) is 5.01 Å². The van der Waals surface area contributed by atoms with E-state index in [9.17, 15) is 28.8 Å². The van der Waals surface area contributed by atoms with Gasteiger partial charge in [0.1, 0.15) is 18.4 Å². The van der Waals surface area contributed by atoms with Gasteiger partial charge in [-0.15, -0.1) is 0 Å². The molecule has 4 amide bonds. The van der Waals surface area contributed by atoms with E-state index in [1.54, 1.807) is 0 Å². The van der Waals surface area contributed by atoms with Gasteiger partial charge in [0.15, 0.2) is 0 Å². The van der Waals surface area contributed by atoms with Crippen LogP contribution in [0.4, 0.5) is 0 Å². The lowest BCUT2D eigenvalue weighted by molar-refractivity contribution is -0.176. The summed E-state index contributed by atoms with van der Waals surface area (Å²) in [5.41, 5.74) is 0.119. The van der Waals surface area contributed by atoms with Gasteiger partial charge in [-0.1, -0.05) is 23.2 Å². The summed E-state index contributed by atoms with van der Waals surface area (Å²) >= 11 is 11.9. The lowest BCUT2D eigenvalue weighted by Crippen LogP contribution is -2.64. The number of aliphatic carboxylic acids is 1. The minimum atomic E-state index is -1.29. The van der Waals surface area contributed by atoms with E-state index in [1.165, 1.54) is 23.2 Å². The molecule has 2 heterocycles. The van der Waals surface area contributed by atoms with Crippen molar-refractivity contribution in [2.45, 2.75) is 50.2 Å². The number of hydrogen-bond donors (Lipinski definition) is 3. The molecule has 182 valence electrons. The highest BCUT2D eigenvalue weighted by Gasteiger charge is 2.45. The molecule has 34 heavy (non-hydrogen) atoms. The van der Waals surface area contributed by atoms with Crippen molar-refractivity contribution in [2.24, 2.45) is 0 Å². The van der Waals surface area contributed by atoms with Crippen LogP contribution in [0.5, 0.6) is 0 Å². The van der Waals surface area contributed by atoms with E-state index in [-0.39, 0.29) is 41.4 Å². The van der Waals surface area contributed by atoms with Crippen molar-refractivity contribution in [3.8, 4) is 0 Å². The molecule has 2 aliphatic rings. The summed E-state index contributed by atoms with van der Waals surface area (Å²) < 4.78 is 0. The molecule has 1 aromatic carbocycles. The molecule has 3 rings (SSSR count). The van der Waals surface area contributed by atoms with Crippen molar-refractivity contribution in [3.63, 3.8) is 0 Å². The third-order valence-corrected chi connectivity index (χ3v) is 5.92. The van der Waals surface area contributed by atoms with E-state index in [2.05, 4.69) is 10.6 Å². The average Bonchev–Trinajstić information content (AvgIpc) is 2.89. The average molecular weight is 513 g/mol. The molecule has 0 bridgehead atoms. The molecule has 3 atom stereocenters. The number of amides is 4. The fraction of sp³-hybridized carbons (Fsp3) is 0.429. The highest BCUT2D eigenvalue weighted by atomic mass is 35.5. The lowest BCUT2D eigenvalue weighted by atomic mass is 10.0. The minimum absolute atomic E-state index is 0.00895. The van der Waals surface area contributed by atoms with Crippen LogP contribution in [0, 0.1) is 0 Å². The molecular formula is C21H22Cl2N4O7. The van der Waals surface area contributed by atoms with Crippen LogP contribution in [0.2, 0.25) is 10.0 Å². The molecule has 2 unspecified atom stereocenters. The Bertz CT molecular complexity index is 1010. The van der Waals surface area contributed by atoms with Crippen LogP contribution in [0.25, 0.3) is 0 Å². The van der Waals surface area contributed by atoms with Crippen LogP contribution in [-0.2, 0) is 24.0 Å². The number of nitrogens with zero attached hydrogens (tertiary/aromatic N) is 2. The number of rotatable bonds is 7. The van der Waals surface area contributed by atoms with Crippen LogP contribution in [-0.4, -0.2) is 75.7 Å². The summed E-state index contributed by atoms with van der Waals surface area (Å²) in [6, 6.07) is 0.636. The summed E-state index contributed by atoms with van der Waals surface area (Å²) in [7, 11) is 0. The smallest absolute Gasteiger partial charge is 0.305 e. The summed E-state index contributed by atoms with van der Waals surface area (Å²) in [5.74, 6) is -3.76. The molecule has 13 heteroatoms. The van der Waals surface area contributed by atoms with Crippen molar-refractivity contribution in [3.05, 3.63) is 33.8 Å². The van der Waals surface area contributed by atoms with Crippen molar-refractivity contribution < 1.29 is 33.9 Å². The molecule has 0 radical (unpaired) electrons. The van der Waals surface area contributed by atoms with Crippen LogP contribution in [0.3, 0.4) is 0 Å². The van der Waals surface area contributed by atoms with E-state index in [1.807, 2.05) is 0 Å². The first-order valence-corrected chi connectivity index (χ1v) is 11.2. The Balaban J connectivity index is 1.82. The van der Waals surface area contributed by atoms with Gasteiger partial charge in [-0.25, -0.2) is 5.01 Å². The van der Waals surface area contributed by atoms with Crippen LogP contribution < -0.4 is 10.6 Å². The van der Waals surface area contributed by atoms with Crippen LogP contribution in [0.15, 0.2) is 18.2 Å². The van der Waals surface area contributed by atoms with Crippen LogP contribution in [0.1, 0.15) is 42.5 Å².